The Balaban J connectivity index is 2.39. The van der Waals surface area contributed by atoms with Gasteiger partial charge >= 0.3 is 11.9 Å². The molecule has 0 atom stereocenters. The first-order valence-corrected chi connectivity index (χ1v) is 3.38. The zero-order valence-electron chi connectivity index (χ0n) is 6.30. The van der Waals surface area contributed by atoms with Crippen LogP contribution in [-0.4, -0.2) is 21.2 Å². The van der Waals surface area contributed by atoms with Gasteiger partial charge in [-0.3, -0.25) is 0 Å². The van der Waals surface area contributed by atoms with E-state index in [0.29, 0.717) is 5.76 Å². The zero-order valence-corrected chi connectivity index (χ0v) is 6.30. The van der Waals surface area contributed by atoms with Gasteiger partial charge in [0.05, 0.1) is 6.26 Å². The van der Waals surface area contributed by atoms with E-state index in [2.05, 4.69) is 14.7 Å². The number of rotatable bonds is 2. The Bertz CT molecular complexity index is 417. The molecule has 2 rings (SSSR count). The largest absolute Gasteiger partial charge is 0.474 e. The molecule has 0 aliphatic rings. The number of furan rings is 1. The smallest absolute Gasteiger partial charge is 0.394 e. The van der Waals surface area contributed by atoms with Gasteiger partial charge in [-0.15, -0.1) is 0 Å². The Hall–Kier alpha value is -2.11. The molecule has 0 unspecified atom stereocenters. The van der Waals surface area contributed by atoms with Crippen LogP contribution in [0.5, 0.6) is 0 Å². The molecule has 0 radical (unpaired) electrons. The molecule has 0 aliphatic carbocycles. The van der Waals surface area contributed by atoms with E-state index in [1.807, 2.05) is 0 Å². The summed E-state index contributed by atoms with van der Waals surface area (Å²) in [5.74, 6) is -1.21. The summed E-state index contributed by atoms with van der Waals surface area (Å²) in [6.07, 6.45) is 1.44. The van der Waals surface area contributed by atoms with Crippen LogP contribution in [0.15, 0.2) is 27.3 Å². The van der Waals surface area contributed by atoms with E-state index in [0.717, 1.165) is 0 Å². The minimum absolute atomic E-state index is 0.127. The van der Waals surface area contributed by atoms with Gasteiger partial charge in [0.25, 0.3) is 0 Å². The summed E-state index contributed by atoms with van der Waals surface area (Å²) in [7, 11) is 0. The van der Waals surface area contributed by atoms with Crippen LogP contribution in [0.2, 0.25) is 0 Å². The van der Waals surface area contributed by atoms with Crippen LogP contribution in [-0.2, 0) is 0 Å². The van der Waals surface area contributed by atoms with Gasteiger partial charge in [-0.25, -0.2) is 4.79 Å². The fourth-order valence-electron chi connectivity index (χ4n) is 0.816. The molecule has 0 spiro atoms. The Morgan fingerprint density at radius 1 is 1.54 bits per heavy atom. The molecule has 0 aliphatic heterocycles. The van der Waals surface area contributed by atoms with Crippen molar-refractivity contribution in [2.24, 2.45) is 0 Å². The molecular formula is C7H4N2O4. The van der Waals surface area contributed by atoms with E-state index < -0.39 is 11.9 Å². The predicted octanol–water partition coefficient (Wildman–Crippen LogP) is 1.03. The van der Waals surface area contributed by atoms with Crippen molar-refractivity contribution in [2.45, 2.75) is 0 Å². The Kier molecular flexibility index (Phi) is 1.59. The minimum atomic E-state index is -1.26. The highest BCUT2D eigenvalue weighted by Crippen LogP contribution is 2.15. The molecule has 6 nitrogen and oxygen atoms in total. The van der Waals surface area contributed by atoms with Gasteiger partial charge in [0.2, 0.25) is 5.82 Å². The number of carboxylic acid groups (broad SMARTS) is 1. The standard InChI is InChI=1S/C7H4N2O4/c10-7(11)6-8-5(9-13-6)4-2-1-3-12-4/h1-3H,(H,10,11). The first kappa shape index (κ1) is 7.53. The number of carboxylic acids is 1. The van der Waals surface area contributed by atoms with E-state index in [1.165, 1.54) is 6.26 Å². The van der Waals surface area contributed by atoms with Gasteiger partial charge in [-0.05, 0) is 12.1 Å². The molecule has 0 fully saturated rings. The second-order valence-corrected chi connectivity index (χ2v) is 2.21. The van der Waals surface area contributed by atoms with Crippen molar-refractivity contribution in [3.8, 4) is 11.6 Å². The lowest BCUT2D eigenvalue weighted by molar-refractivity contribution is 0.0643. The third-order valence-electron chi connectivity index (χ3n) is 1.35. The summed E-state index contributed by atoms with van der Waals surface area (Å²) >= 11 is 0. The van der Waals surface area contributed by atoms with Gasteiger partial charge in [0, 0.05) is 0 Å². The highest BCUT2D eigenvalue weighted by atomic mass is 16.5. The predicted molar refractivity (Wildman–Crippen MR) is 39.0 cm³/mol. The molecular weight excluding hydrogens is 176 g/mol. The van der Waals surface area contributed by atoms with E-state index >= 15 is 0 Å². The van der Waals surface area contributed by atoms with Crippen molar-refractivity contribution in [1.29, 1.82) is 0 Å². The van der Waals surface area contributed by atoms with Crippen molar-refractivity contribution in [1.82, 2.24) is 10.1 Å². The summed E-state index contributed by atoms with van der Waals surface area (Å²) in [6, 6.07) is 3.25. The lowest BCUT2D eigenvalue weighted by Gasteiger charge is -1.81. The van der Waals surface area contributed by atoms with Gasteiger partial charge in [-0.2, -0.15) is 4.98 Å². The molecule has 0 saturated carbocycles. The molecule has 0 amide bonds. The van der Waals surface area contributed by atoms with Crippen molar-refractivity contribution < 1.29 is 18.8 Å². The molecule has 1 N–H and O–H groups in total. The molecule has 2 heterocycles. The van der Waals surface area contributed by atoms with Crippen LogP contribution >= 0.6 is 0 Å². The third-order valence-corrected chi connectivity index (χ3v) is 1.35. The molecule has 66 valence electrons. The van der Waals surface area contributed by atoms with Crippen molar-refractivity contribution in [2.75, 3.05) is 0 Å². The number of hydrogen-bond donors (Lipinski definition) is 1. The topological polar surface area (TPSA) is 89.4 Å². The number of aromatic carboxylic acids is 1. The van der Waals surface area contributed by atoms with Crippen LogP contribution in [0.4, 0.5) is 0 Å². The molecule has 0 aromatic carbocycles. The maximum atomic E-state index is 10.4. The van der Waals surface area contributed by atoms with Crippen LogP contribution in [0, 0.1) is 0 Å². The monoisotopic (exact) mass is 180 g/mol. The Labute approximate surface area is 71.8 Å². The fraction of sp³-hybridized carbons (Fsp3) is 0. The third kappa shape index (κ3) is 1.28. The molecule has 0 bridgehead atoms. The summed E-state index contributed by atoms with van der Waals surface area (Å²) in [5.41, 5.74) is 0. The maximum absolute atomic E-state index is 10.4. The number of carbonyl (C=O) groups is 1. The summed E-state index contributed by atoms with van der Waals surface area (Å²) < 4.78 is 9.36. The number of hydrogen-bond acceptors (Lipinski definition) is 5. The lowest BCUT2D eigenvalue weighted by atomic mass is 10.4. The van der Waals surface area contributed by atoms with Crippen LogP contribution < -0.4 is 0 Å². The molecule has 6 heteroatoms. The quantitative estimate of drug-likeness (QED) is 0.742. The van der Waals surface area contributed by atoms with E-state index in [4.69, 9.17) is 9.52 Å². The van der Waals surface area contributed by atoms with Gasteiger partial charge in [0.15, 0.2) is 5.76 Å². The number of nitrogens with zero attached hydrogens (tertiary/aromatic N) is 2. The average molecular weight is 180 g/mol. The number of aromatic nitrogens is 2. The highest BCUT2D eigenvalue weighted by molar-refractivity contribution is 5.82. The first-order chi connectivity index (χ1) is 6.27. The Morgan fingerprint density at radius 2 is 2.38 bits per heavy atom. The van der Waals surface area contributed by atoms with Crippen LogP contribution in [0.25, 0.3) is 11.6 Å². The van der Waals surface area contributed by atoms with E-state index in [-0.39, 0.29) is 5.82 Å². The van der Waals surface area contributed by atoms with Crippen molar-refractivity contribution in [3.63, 3.8) is 0 Å². The van der Waals surface area contributed by atoms with Gasteiger partial charge in [0.1, 0.15) is 0 Å². The second-order valence-electron chi connectivity index (χ2n) is 2.21. The normalized spacial score (nSPS) is 10.2. The molecule has 2 aromatic heterocycles. The van der Waals surface area contributed by atoms with Crippen molar-refractivity contribution >= 4 is 5.97 Å². The molecule has 2 aromatic rings. The SMILES string of the molecule is O=C(O)c1nc(-c2ccco2)no1. The lowest BCUT2D eigenvalue weighted by Crippen LogP contribution is -1.95. The zero-order chi connectivity index (χ0) is 9.26. The van der Waals surface area contributed by atoms with Crippen LogP contribution in [0.3, 0.4) is 0 Å². The highest BCUT2D eigenvalue weighted by Gasteiger charge is 2.15. The summed E-state index contributed by atoms with van der Waals surface area (Å²) in [4.78, 5) is 13.9. The first-order valence-electron chi connectivity index (χ1n) is 3.38. The molecule has 13 heavy (non-hydrogen) atoms. The fourth-order valence-corrected chi connectivity index (χ4v) is 0.816. The summed E-state index contributed by atoms with van der Waals surface area (Å²) in [6.45, 7) is 0. The Morgan fingerprint density at radius 3 is 2.92 bits per heavy atom. The van der Waals surface area contributed by atoms with Gasteiger partial charge < -0.3 is 14.0 Å². The second kappa shape index (κ2) is 2.74. The summed E-state index contributed by atoms with van der Waals surface area (Å²) in [5, 5.41) is 11.9. The van der Waals surface area contributed by atoms with Gasteiger partial charge in [-0.1, -0.05) is 5.16 Å². The van der Waals surface area contributed by atoms with E-state index in [9.17, 15) is 4.79 Å². The minimum Gasteiger partial charge on any atom is -0.474 e. The average Bonchev–Trinajstić information content (AvgIpc) is 2.75. The molecule has 0 saturated heterocycles. The maximum Gasteiger partial charge on any atom is 0.394 e. The van der Waals surface area contributed by atoms with E-state index in [1.54, 1.807) is 12.1 Å². The van der Waals surface area contributed by atoms with Crippen molar-refractivity contribution in [3.05, 3.63) is 24.3 Å². The van der Waals surface area contributed by atoms with Crippen LogP contribution in [0.1, 0.15) is 10.7 Å².